The molecule has 0 atom stereocenters. The number of nitrogens with zero attached hydrogens (tertiary/aromatic N) is 16. The number of pyridine rings is 2. The molecule has 0 amide bonds. The molecule has 0 unspecified atom stereocenters. The molecule has 436 valence electrons. The predicted molar refractivity (Wildman–Crippen MR) is 302 cm³/mol. The Morgan fingerprint density at radius 1 is 0.637 bits per heavy atom. The first-order chi connectivity index (χ1) is 37.9. The Kier molecular flexibility index (Phi) is 17.9. The highest BCUT2D eigenvalue weighted by Gasteiger charge is 2.53. The van der Waals surface area contributed by atoms with E-state index in [-0.39, 0.29) is 56.0 Å². The summed E-state index contributed by atoms with van der Waals surface area (Å²) in [4.78, 5) is 55.1. The fourth-order valence-corrected chi connectivity index (χ4v) is 10.3. The number of halogens is 5. The molecule has 2 aliphatic carbocycles. The van der Waals surface area contributed by atoms with Gasteiger partial charge in [-0.25, -0.2) is 32.5 Å². The fourth-order valence-electron chi connectivity index (χ4n) is 10.2. The average Bonchev–Trinajstić information content (AvgIpc) is 4.39. The van der Waals surface area contributed by atoms with Crippen molar-refractivity contribution in [1.29, 1.82) is 0 Å². The molecule has 0 radical (unpaired) electrons. The van der Waals surface area contributed by atoms with Gasteiger partial charge in [-0.1, -0.05) is 0 Å². The molecule has 5 aliphatic heterocycles. The molecule has 7 fully saturated rings. The number of nitrogen functional groups attached to an aromatic ring is 1. The molecule has 2 N–H and O–H groups in total. The highest BCUT2D eigenvalue weighted by atomic mass is 35.5. The number of hydrogen-bond acceptors (Lipinski definition) is 20. The lowest BCUT2D eigenvalue weighted by Crippen LogP contribution is -2.54. The van der Waals surface area contributed by atoms with Crippen LogP contribution in [-0.4, -0.2) is 208 Å². The zero-order valence-corrected chi connectivity index (χ0v) is 48.5. The largest absolute Gasteiger partial charge is 0.496 e. The molecular formula is C53H77BClF4N17O4. The van der Waals surface area contributed by atoms with Crippen LogP contribution in [0.5, 0.6) is 0 Å². The summed E-state index contributed by atoms with van der Waals surface area (Å²) in [6, 6.07) is 3.99. The molecule has 9 heterocycles. The van der Waals surface area contributed by atoms with E-state index in [1.165, 1.54) is 56.5 Å². The molecule has 80 heavy (non-hydrogen) atoms. The van der Waals surface area contributed by atoms with E-state index >= 15 is 0 Å². The van der Waals surface area contributed by atoms with Gasteiger partial charge in [0, 0.05) is 126 Å². The maximum Gasteiger partial charge on any atom is 0.496 e. The number of hydrogen-bond donors (Lipinski definition) is 1. The van der Waals surface area contributed by atoms with E-state index in [2.05, 4.69) is 92.0 Å². The van der Waals surface area contributed by atoms with Crippen molar-refractivity contribution < 1.29 is 36.3 Å². The maximum atomic E-state index is 13.9. The molecule has 7 aliphatic rings. The predicted octanol–water partition coefficient (Wildman–Crippen LogP) is 6.32. The van der Waals surface area contributed by atoms with Crippen molar-refractivity contribution in [3.63, 3.8) is 0 Å². The molecule has 21 nitrogen and oxygen atoms in total. The summed E-state index contributed by atoms with van der Waals surface area (Å²) in [5.74, 6) is 2.76. The molecule has 5 saturated heterocycles. The van der Waals surface area contributed by atoms with Crippen LogP contribution < -0.4 is 30.8 Å². The highest BCUT2D eigenvalue weighted by molar-refractivity contribution is 6.62. The molecule has 0 spiro atoms. The second-order valence-corrected chi connectivity index (χ2v) is 24.1. The van der Waals surface area contributed by atoms with Crippen molar-refractivity contribution in [1.82, 2.24) is 54.6 Å². The van der Waals surface area contributed by atoms with Gasteiger partial charge in [0.2, 0.25) is 29.1 Å². The van der Waals surface area contributed by atoms with Crippen molar-refractivity contribution in [2.24, 2.45) is 4.99 Å². The van der Waals surface area contributed by atoms with Crippen LogP contribution in [0.3, 0.4) is 0 Å². The third-order valence-corrected chi connectivity index (χ3v) is 16.0. The van der Waals surface area contributed by atoms with Gasteiger partial charge in [0.25, 0.3) is 12.9 Å². The third-order valence-electron chi connectivity index (χ3n) is 15.8. The van der Waals surface area contributed by atoms with Crippen molar-refractivity contribution in [3.8, 4) is 11.4 Å². The van der Waals surface area contributed by atoms with E-state index in [0.29, 0.717) is 62.8 Å². The van der Waals surface area contributed by atoms with Gasteiger partial charge >= 0.3 is 7.12 Å². The summed E-state index contributed by atoms with van der Waals surface area (Å²) in [6.45, 7) is 27.2. The highest BCUT2D eigenvalue weighted by Crippen LogP contribution is 2.39. The normalized spacial score (nSPS) is 22.1. The van der Waals surface area contributed by atoms with Gasteiger partial charge < -0.3 is 49.0 Å². The number of ether oxygens (including phenoxy) is 2. The van der Waals surface area contributed by atoms with Gasteiger partial charge in [-0.2, -0.15) is 29.9 Å². The summed E-state index contributed by atoms with van der Waals surface area (Å²) in [5, 5.41) is 0.266. The minimum absolute atomic E-state index is 0.0362. The Labute approximate surface area is 472 Å². The van der Waals surface area contributed by atoms with Crippen LogP contribution in [-0.2, 0) is 18.8 Å². The minimum Gasteiger partial charge on any atom is -0.399 e. The van der Waals surface area contributed by atoms with Crippen LogP contribution in [0.2, 0.25) is 5.28 Å². The van der Waals surface area contributed by atoms with Gasteiger partial charge in [-0.15, -0.1) is 0 Å². The minimum atomic E-state index is -2.73. The Hall–Kier alpha value is -5.38. The summed E-state index contributed by atoms with van der Waals surface area (Å²) >= 11 is 6.21. The molecule has 0 aromatic carbocycles. The van der Waals surface area contributed by atoms with Crippen LogP contribution in [0.15, 0.2) is 29.5 Å². The molecule has 2 saturated carbocycles. The summed E-state index contributed by atoms with van der Waals surface area (Å²) in [6.07, 6.45) is 4.05. The second-order valence-electron chi connectivity index (χ2n) is 23.8. The van der Waals surface area contributed by atoms with Crippen LogP contribution in [0, 0.1) is 0 Å². The standard InChI is InChI=1S/C22H30F2N8O.C16H25ClN6O.C15H22BF2N3O2/c1-22(2)13-33-10-9-32(22)21-28-19(16-12-26-17(25)11-15(16)18(23)24)27-20(29-21)31-7-5-30(6-8-31)14-3-4-14;1-16(2)11-24-10-9-23(16)15-19-13(17)18-14(20-15)22-7-5-21(6-8-22)12-3-4-12;1-14(2)15(3,4)23-16(22-14)11-8-19-12(20-9-21(5)6)7-10(11)13(17)18/h11-12,14,18H,3-10,13H2,1-2H3,(H2,25,26);12H,3-11H2,1-2H3;7-9,13H,1-6H3. The van der Waals surface area contributed by atoms with Crippen LogP contribution >= 0.6 is 11.6 Å². The van der Waals surface area contributed by atoms with E-state index in [1.54, 1.807) is 19.0 Å². The molecule has 4 aromatic rings. The van der Waals surface area contributed by atoms with Crippen molar-refractivity contribution in [3.05, 3.63) is 40.9 Å². The van der Waals surface area contributed by atoms with Gasteiger partial charge in [0.05, 0.1) is 55.0 Å². The molecular weight excluding hydrogens is 1060 g/mol. The Bertz CT molecular complexity index is 2780. The van der Waals surface area contributed by atoms with E-state index in [0.717, 1.165) is 64.9 Å². The Morgan fingerprint density at radius 2 is 1.11 bits per heavy atom. The van der Waals surface area contributed by atoms with Gasteiger partial charge in [-0.05, 0) is 105 Å². The first kappa shape index (κ1) is 59.3. The third kappa shape index (κ3) is 14.1. The van der Waals surface area contributed by atoms with E-state index in [9.17, 15) is 17.6 Å². The fraction of sp³-hybridized carbons (Fsp3) is 0.679. The van der Waals surface area contributed by atoms with E-state index in [1.807, 2.05) is 27.7 Å². The number of piperazine rings is 2. The van der Waals surface area contributed by atoms with Crippen LogP contribution in [0.1, 0.15) is 105 Å². The maximum absolute atomic E-state index is 13.9. The molecule has 4 aromatic heterocycles. The lowest BCUT2D eigenvalue weighted by molar-refractivity contribution is 0.00578. The lowest BCUT2D eigenvalue weighted by atomic mass is 9.77. The summed E-state index contributed by atoms with van der Waals surface area (Å²) in [7, 11) is 2.70. The number of aromatic nitrogens is 8. The Morgan fingerprint density at radius 3 is 1.59 bits per heavy atom. The number of morpholine rings is 2. The van der Waals surface area contributed by atoms with Crippen molar-refractivity contribution in [2.45, 2.75) is 128 Å². The monoisotopic (exact) mass is 1140 g/mol. The van der Waals surface area contributed by atoms with Crippen molar-refractivity contribution >= 4 is 65.9 Å². The van der Waals surface area contributed by atoms with Crippen LogP contribution in [0.25, 0.3) is 11.4 Å². The van der Waals surface area contributed by atoms with Gasteiger partial charge in [-0.3, -0.25) is 9.80 Å². The van der Waals surface area contributed by atoms with Crippen LogP contribution in [0.4, 0.5) is 53.0 Å². The smallest absolute Gasteiger partial charge is 0.399 e. The number of aliphatic imine (C=N–C) groups is 1. The summed E-state index contributed by atoms with van der Waals surface area (Å²) < 4.78 is 77.5. The van der Waals surface area contributed by atoms with E-state index < -0.39 is 31.2 Å². The SMILES string of the molecule is CC1(C)COCCN1c1nc(-c2cnc(N)cc2C(F)F)nc(N2CCN(C3CC3)CC2)n1.CC1(C)COCCN1c1nc(Cl)nc(N2CCN(C3CC3)CC2)n1.CN(C)C=Nc1cc(C(F)F)c(B2OC(C)(C)C(C)(C)O2)cn1. The average molecular weight is 1140 g/mol. The Balaban J connectivity index is 0.000000149. The van der Waals surface area contributed by atoms with Crippen molar-refractivity contribution in [2.75, 3.05) is 131 Å². The number of anilines is 5. The van der Waals surface area contributed by atoms with Gasteiger partial charge in [0.1, 0.15) is 5.82 Å². The zero-order valence-electron chi connectivity index (χ0n) is 47.8. The zero-order chi connectivity index (χ0) is 57.3. The molecule has 0 bridgehead atoms. The number of rotatable bonds is 12. The summed E-state index contributed by atoms with van der Waals surface area (Å²) in [5.41, 5.74) is 4.00. The molecule has 11 rings (SSSR count). The quantitative estimate of drug-likeness (QED) is 0.0715. The second kappa shape index (κ2) is 24.2. The molecule has 27 heteroatoms. The number of nitrogens with two attached hydrogens (primary N) is 1. The first-order valence-corrected chi connectivity index (χ1v) is 28.0. The van der Waals surface area contributed by atoms with Gasteiger partial charge in [0.15, 0.2) is 11.6 Å². The lowest BCUT2D eigenvalue weighted by Gasteiger charge is -2.42. The topological polar surface area (TPSA) is 201 Å². The number of alkyl halides is 4. The first-order valence-electron chi connectivity index (χ1n) is 27.6. The van der Waals surface area contributed by atoms with E-state index in [4.69, 9.17) is 46.1 Å².